The van der Waals surface area contributed by atoms with Crippen LogP contribution in [0, 0.1) is 0 Å². The van der Waals surface area contributed by atoms with Crippen molar-refractivity contribution < 1.29 is 4.79 Å². The largest absolute Gasteiger partial charge is 0.349 e. The topological polar surface area (TPSA) is 46.9 Å². The molecule has 0 saturated heterocycles. The highest BCUT2D eigenvalue weighted by Crippen LogP contribution is 2.25. The van der Waals surface area contributed by atoms with E-state index in [4.69, 9.17) is 0 Å². The molecule has 0 fully saturated rings. The number of pyridine rings is 1. The zero-order valence-electron chi connectivity index (χ0n) is 9.99. The fourth-order valence-electron chi connectivity index (χ4n) is 1.76. The maximum absolute atomic E-state index is 12.0. The molecular formula is C12H14BrN3O. The van der Waals surface area contributed by atoms with Crippen molar-refractivity contribution in [1.82, 2.24) is 14.9 Å². The highest BCUT2D eigenvalue weighted by atomic mass is 79.9. The zero-order valence-corrected chi connectivity index (χ0v) is 11.6. The van der Waals surface area contributed by atoms with Gasteiger partial charge in [-0.3, -0.25) is 9.78 Å². The Balaban J connectivity index is 2.52. The Bertz CT molecular complexity index is 574. The molecule has 1 amide bonds. The van der Waals surface area contributed by atoms with Crippen molar-refractivity contribution in [3.63, 3.8) is 0 Å². The summed E-state index contributed by atoms with van der Waals surface area (Å²) in [6.07, 6.45) is 3.48. The summed E-state index contributed by atoms with van der Waals surface area (Å²) >= 11 is 3.44. The van der Waals surface area contributed by atoms with Crippen LogP contribution in [-0.4, -0.2) is 21.5 Å². The summed E-state index contributed by atoms with van der Waals surface area (Å²) < 4.78 is 2.75. The van der Waals surface area contributed by atoms with E-state index in [1.807, 2.05) is 31.5 Å². The molecule has 90 valence electrons. The van der Waals surface area contributed by atoms with Crippen molar-refractivity contribution in [3.05, 3.63) is 28.6 Å². The van der Waals surface area contributed by atoms with Gasteiger partial charge in [-0.15, -0.1) is 0 Å². The Hall–Kier alpha value is -1.36. The van der Waals surface area contributed by atoms with E-state index in [0.29, 0.717) is 5.69 Å². The minimum atomic E-state index is -0.0643. The number of hydrogen-bond donors (Lipinski definition) is 1. The van der Waals surface area contributed by atoms with Crippen molar-refractivity contribution in [2.75, 3.05) is 0 Å². The minimum absolute atomic E-state index is 0.0643. The van der Waals surface area contributed by atoms with E-state index in [9.17, 15) is 4.79 Å². The van der Waals surface area contributed by atoms with Crippen molar-refractivity contribution in [2.45, 2.75) is 19.9 Å². The van der Waals surface area contributed by atoms with E-state index in [0.717, 1.165) is 15.4 Å². The van der Waals surface area contributed by atoms with Crippen LogP contribution in [0.4, 0.5) is 0 Å². The standard InChI is InChI=1S/C12H14BrN3O/c1-7(2)15-12(17)10-4-8-9(13)5-14-6-11(8)16(10)3/h4-7H,1-3H3,(H,15,17). The first kappa shape index (κ1) is 12.1. The third-order valence-electron chi connectivity index (χ3n) is 2.57. The summed E-state index contributed by atoms with van der Waals surface area (Å²) in [6, 6.07) is 2.00. The van der Waals surface area contributed by atoms with E-state index in [-0.39, 0.29) is 11.9 Å². The Kier molecular flexibility index (Phi) is 3.19. The van der Waals surface area contributed by atoms with Crippen LogP contribution in [0.15, 0.2) is 22.9 Å². The molecule has 2 aromatic heterocycles. The highest BCUT2D eigenvalue weighted by molar-refractivity contribution is 9.10. The van der Waals surface area contributed by atoms with Gasteiger partial charge < -0.3 is 9.88 Å². The molecule has 0 aromatic carbocycles. The maximum Gasteiger partial charge on any atom is 0.268 e. The quantitative estimate of drug-likeness (QED) is 0.925. The Morgan fingerprint density at radius 3 is 2.76 bits per heavy atom. The zero-order chi connectivity index (χ0) is 12.6. The summed E-state index contributed by atoms with van der Waals surface area (Å²) in [4.78, 5) is 16.1. The molecule has 0 saturated carbocycles. The molecule has 0 aliphatic heterocycles. The van der Waals surface area contributed by atoms with Gasteiger partial charge in [-0.2, -0.15) is 0 Å². The lowest BCUT2D eigenvalue weighted by Crippen LogP contribution is -2.31. The predicted octanol–water partition coefficient (Wildman–Crippen LogP) is 2.47. The average Bonchev–Trinajstić information content (AvgIpc) is 2.57. The number of hydrogen-bond acceptors (Lipinski definition) is 2. The lowest BCUT2D eigenvalue weighted by atomic mass is 10.3. The summed E-state index contributed by atoms with van der Waals surface area (Å²) in [5, 5.41) is 3.88. The monoisotopic (exact) mass is 295 g/mol. The normalized spacial score (nSPS) is 11.1. The van der Waals surface area contributed by atoms with Crippen molar-refractivity contribution >= 4 is 32.7 Å². The number of aromatic nitrogens is 2. The van der Waals surface area contributed by atoms with Gasteiger partial charge in [0.1, 0.15) is 5.69 Å². The van der Waals surface area contributed by atoms with Gasteiger partial charge in [-0.05, 0) is 35.8 Å². The molecule has 2 rings (SSSR count). The summed E-state index contributed by atoms with van der Waals surface area (Å²) in [5.41, 5.74) is 1.58. The number of rotatable bonds is 2. The minimum Gasteiger partial charge on any atom is -0.349 e. The van der Waals surface area contributed by atoms with E-state index < -0.39 is 0 Å². The number of amides is 1. The number of nitrogens with zero attached hydrogens (tertiary/aromatic N) is 2. The average molecular weight is 296 g/mol. The van der Waals surface area contributed by atoms with Crippen LogP contribution in [0.1, 0.15) is 24.3 Å². The van der Waals surface area contributed by atoms with Crippen molar-refractivity contribution in [2.24, 2.45) is 7.05 Å². The van der Waals surface area contributed by atoms with Gasteiger partial charge in [0.05, 0.1) is 11.7 Å². The molecule has 17 heavy (non-hydrogen) atoms. The molecule has 1 N–H and O–H groups in total. The molecule has 0 bridgehead atoms. The molecule has 2 heterocycles. The molecular weight excluding hydrogens is 282 g/mol. The lowest BCUT2D eigenvalue weighted by Gasteiger charge is -2.08. The van der Waals surface area contributed by atoms with E-state index in [1.165, 1.54) is 0 Å². The predicted molar refractivity (Wildman–Crippen MR) is 71.0 cm³/mol. The van der Waals surface area contributed by atoms with E-state index in [1.54, 1.807) is 12.4 Å². The second-order valence-electron chi connectivity index (χ2n) is 4.27. The van der Waals surface area contributed by atoms with Crippen LogP contribution < -0.4 is 5.32 Å². The van der Waals surface area contributed by atoms with Crippen molar-refractivity contribution in [1.29, 1.82) is 0 Å². The first-order chi connectivity index (χ1) is 8.00. The number of fused-ring (bicyclic) bond motifs is 1. The van der Waals surface area contributed by atoms with Crippen LogP contribution >= 0.6 is 15.9 Å². The third kappa shape index (κ3) is 2.20. The van der Waals surface area contributed by atoms with Crippen LogP contribution in [0.2, 0.25) is 0 Å². The molecule has 0 aliphatic carbocycles. The van der Waals surface area contributed by atoms with Crippen molar-refractivity contribution in [3.8, 4) is 0 Å². The van der Waals surface area contributed by atoms with E-state index in [2.05, 4.69) is 26.2 Å². The first-order valence-corrected chi connectivity index (χ1v) is 6.20. The number of halogens is 1. The summed E-state index contributed by atoms with van der Waals surface area (Å²) in [5.74, 6) is -0.0643. The second kappa shape index (κ2) is 4.49. The molecule has 5 heteroatoms. The highest BCUT2D eigenvalue weighted by Gasteiger charge is 2.15. The molecule has 0 aliphatic rings. The fourth-order valence-corrected chi connectivity index (χ4v) is 2.20. The number of carbonyl (C=O) groups is 1. The number of carbonyl (C=O) groups excluding carboxylic acids is 1. The summed E-state index contributed by atoms with van der Waals surface area (Å²) in [7, 11) is 1.87. The molecule has 0 spiro atoms. The maximum atomic E-state index is 12.0. The summed E-state index contributed by atoms with van der Waals surface area (Å²) in [6.45, 7) is 3.88. The van der Waals surface area contributed by atoms with Crippen LogP contribution in [-0.2, 0) is 7.05 Å². The smallest absolute Gasteiger partial charge is 0.268 e. The Labute approximate surface area is 108 Å². The van der Waals surface area contributed by atoms with Crippen LogP contribution in [0.3, 0.4) is 0 Å². The Morgan fingerprint density at radius 2 is 2.18 bits per heavy atom. The number of aryl methyl sites for hydroxylation is 1. The van der Waals surface area contributed by atoms with Gasteiger partial charge in [0.2, 0.25) is 0 Å². The van der Waals surface area contributed by atoms with Gasteiger partial charge in [0.25, 0.3) is 5.91 Å². The van der Waals surface area contributed by atoms with Gasteiger partial charge >= 0.3 is 0 Å². The third-order valence-corrected chi connectivity index (χ3v) is 3.21. The molecule has 0 atom stereocenters. The van der Waals surface area contributed by atoms with Crippen LogP contribution in [0.25, 0.3) is 10.9 Å². The SMILES string of the molecule is CC(C)NC(=O)c1cc2c(Br)cncc2n1C. The van der Waals surface area contributed by atoms with Gasteiger partial charge in [-0.1, -0.05) is 0 Å². The van der Waals surface area contributed by atoms with Gasteiger partial charge in [0.15, 0.2) is 0 Å². The van der Waals surface area contributed by atoms with Gasteiger partial charge in [0, 0.05) is 29.1 Å². The fraction of sp³-hybridized carbons (Fsp3) is 0.333. The Morgan fingerprint density at radius 1 is 1.47 bits per heavy atom. The molecule has 2 aromatic rings. The molecule has 0 radical (unpaired) electrons. The number of nitrogens with one attached hydrogen (secondary N) is 1. The first-order valence-electron chi connectivity index (χ1n) is 5.40. The lowest BCUT2D eigenvalue weighted by molar-refractivity contribution is 0.0935. The van der Waals surface area contributed by atoms with E-state index >= 15 is 0 Å². The van der Waals surface area contributed by atoms with Crippen LogP contribution in [0.5, 0.6) is 0 Å². The van der Waals surface area contributed by atoms with Gasteiger partial charge in [-0.25, -0.2) is 0 Å². The second-order valence-corrected chi connectivity index (χ2v) is 5.13. The molecule has 0 unspecified atom stereocenters. The molecule has 4 nitrogen and oxygen atoms in total.